The number of nitrogens with one attached hydrogen (secondary N) is 2. The molecule has 0 atom stereocenters. The third kappa shape index (κ3) is 4.68. The maximum atomic E-state index is 12.9. The van der Waals surface area contributed by atoms with Gasteiger partial charge < -0.3 is 20.3 Å². The third-order valence-electron chi connectivity index (χ3n) is 4.95. The van der Waals surface area contributed by atoms with Crippen LogP contribution in [0.25, 0.3) is 0 Å². The summed E-state index contributed by atoms with van der Waals surface area (Å²) in [4.78, 5) is 26.0. The Balaban J connectivity index is 1.58. The van der Waals surface area contributed by atoms with E-state index in [0.717, 1.165) is 36.1 Å². The molecule has 9 heteroatoms. The molecule has 2 aliphatic rings. The molecule has 0 radical (unpaired) electrons. The Morgan fingerprint density at radius 1 is 1.14 bits per heavy atom. The first kappa shape index (κ1) is 19.7. The zero-order valence-corrected chi connectivity index (χ0v) is 17.3. The lowest BCUT2D eigenvalue weighted by Crippen LogP contribution is -2.36. The minimum atomic E-state index is -0.459. The fraction of sp³-hybridized carbons (Fsp3) is 0.350. The predicted octanol–water partition coefficient (Wildman–Crippen LogP) is 4.02. The van der Waals surface area contributed by atoms with Crippen molar-refractivity contribution in [2.75, 3.05) is 41.8 Å². The van der Waals surface area contributed by atoms with E-state index >= 15 is 0 Å². The monoisotopic (exact) mass is 460 g/mol. The first-order valence-electron chi connectivity index (χ1n) is 9.50. The van der Waals surface area contributed by atoms with Crippen molar-refractivity contribution in [3.8, 4) is 0 Å². The highest BCUT2D eigenvalue weighted by Crippen LogP contribution is 2.33. The number of carbonyl (C=O) groups is 1. The van der Waals surface area contributed by atoms with Gasteiger partial charge in [0.05, 0.1) is 29.5 Å². The Hall–Kier alpha value is -2.65. The molecule has 0 bridgehead atoms. The van der Waals surface area contributed by atoms with Gasteiger partial charge in [0.15, 0.2) is 0 Å². The van der Waals surface area contributed by atoms with Crippen molar-refractivity contribution in [3.05, 3.63) is 56.5 Å². The van der Waals surface area contributed by atoms with Crippen molar-refractivity contribution in [1.29, 1.82) is 0 Å². The zero-order chi connectivity index (χ0) is 20.4. The number of nitro groups is 1. The molecule has 1 saturated carbocycles. The Bertz CT molecular complexity index is 942. The molecule has 29 heavy (non-hydrogen) atoms. The first-order chi connectivity index (χ1) is 14.0. The second-order valence-corrected chi connectivity index (χ2v) is 8.04. The molecule has 1 saturated heterocycles. The molecular weight excluding hydrogens is 440 g/mol. The summed E-state index contributed by atoms with van der Waals surface area (Å²) in [6.45, 7) is 2.73. The van der Waals surface area contributed by atoms with Gasteiger partial charge >= 0.3 is 0 Å². The van der Waals surface area contributed by atoms with Gasteiger partial charge in [-0.3, -0.25) is 14.9 Å². The number of rotatable bonds is 6. The van der Waals surface area contributed by atoms with Gasteiger partial charge in [0.2, 0.25) is 0 Å². The number of nitro benzene ring substituents is 1. The highest BCUT2D eigenvalue weighted by Gasteiger charge is 2.26. The van der Waals surface area contributed by atoms with Crippen LogP contribution < -0.4 is 15.5 Å². The molecule has 2 aromatic rings. The summed E-state index contributed by atoms with van der Waals surface area (Å²) in [5.74, 6) is -0.390. The lowest BCUT2D eigenvalue weighted by atomic mass is 10.1. The predicted molar refractivity (Wildman–Crippen MR) is 115 cm³/mol. The molecule has 1 heterocycles. The summed E-state index contributed by atoms with van der Waals surface area (Å²) in [5, 5.41) is 17.5. The Kier molecular flexibility index (Phi) is 5.68. The number of benzene rings is 2. The Morgan fingerprint density at radius 3 is 2.59 bits per heavy atom. The van der Waals surface area contributed by atoms with Gasteiger partial charge in [0.25, 0.3) is 11.6 Å². The molecule has 2 N–H and O–H groups in total. The zero-order valence-electron chi connectivity index (χ0n) is 15.7. The molecule has 2 aromatic carbocycles. The molecule has 4 rings (SSSR count). The van der Waals surface area contributed by atoms with Gasteiger partial charge in [-0.15, -0.1) is 0 Å². The van der Waals surface area contributed by atoms with E-state index in [1.165, 1.54) is 6.07 Å². The van der Waals surface area contributed by atoms with Gasteiger partial charge in [-0.05, 0) is 43.2 Å². The molecule has 2 fully saturated rings. The smallest absolute Gasteiger partial charge is 0.293 e. The number of ether oxygens (including phenoxy) is 1. The summed E-state index contributed by atoms with van der Waals surface area (Å²) >= 11 is 3.44. The van der Waals surface area contributed by atoms with Crippen LogP contribution in [0.5, 0.6) is 0 Å². The van der Waals surface area contributed by atoms with Crippen LogP contribution in [0.3, 0.4) is 0 Å². The van der Waals surface area contributed by atoms with Crippen molar-refractivity contribution in [2.24, 2.45) is 0 Å². The van der Waals surface area contributed by atoms with Crippen LogP contribution in [-0.4, -0.2) is 43.2 Å². The number of nitrogens with zero attached hydrogens (tertiary/aromatic N) is 2. The molecule has 0 unspecified atom stereocenters. The van der Waals surface area contributed by atoms with Crippen molar-refractivity contribution < 1.29 is 14.5 Å². The molecular formula is C20H21BrN4O4. The second-order valence-electron chi connectivity index (χ2n) is 7.12. The van der Waals surface area contributed by atoms with Crippen LogP contribution in [0.2, 0.25) is 0 Å². The quantitative estimate of drug-likeness (QED) is 0.499. The van der Waals surface area contributed by atoms with E-state index in [1.807, 2.05) is 18.2 Å². The molecule has 0 aromatic heterocycles. The van der Waals surface area contributed by atoms with Crippen LogP contribution in [0, 0.1) is 10.1 Å². The number of amides is 1. The minimum Gasteiger partial charge on any atom is -0.378 e. The van der Waals surface area contributed by atoms with E-state index in [-0.39, 0.29) is 17.3 Å². The standard InChI is InChI=1S/C20H21BrN4O4/c21-14-2-6-18(24-7-9-29-10-8-24)17(12-14)23-20(26)13-1-5-16(22-15-3-4-15)19(11-13)25(27)28/h1-2,5-6,11-12,15,22H,3-4,7-10H2,(H,23,26). The maximum absolute atomic E-state index is 12.9. The largest absolute Gasteiger partial charge is 0.378 e. The normalized spacial score (nSPS) is 16.4. The number of halogens is 1. The number of morpholine rings is 1. The highest BCUT2D eigenvalue weighted by atomic mass is 79.9. The minimum absolute atomic E-state index is 0.0906. The molecule has 152 valence electrons. The average Bonchev–Trinajstić information content (AvgIpc) is 3.53. The molecule has 1 amide bonds. The molecule has 1 aliphatic carbocycles. The molecule has 1 aliphatic heterocycles. The summed E-state index contributed by atoms with van der Waals surface area (Å²) in [6, 6.07) is 10.5. The third-order valence-corrected chi connectivity index (χ3v) is 5.45. The van der Waals surface area contributed by atoms with E-state index in [0.29, 0.717) is 24.6 Å². The SMILES string of the molecule is O=C(Nc1cc(Br)ccc1N1CCOCC1)c1ccc(NC2CC2)c([N+](=O)[O-])c1. The lowest BCUT2D eigenvalue weighted by Gasteiger charge is -2.30. The van der Waals surface area contributed by atoms with Gasteiger partial charge in [-0.1, -0.05) is 15.9 Å². The summed E-state index contributed by atoms with van der Waals surface area (Å²) in [6.07, 6.45) is 2.01. The number of carbonyl (C=O) groups excluding carboxylic acids is 1. The van der Waals surface area contributed by atoms with Gasteiger partial charge in [0.1, 0.15) is 5.69 Å². The summed E-state index contributed by atoms with van der Waals surface area (Å²) in [7, 11) is 0. The van der Waals surface area contributed by atoms with Crippen molar-refractivity contribution in [1.82, 2.24) is 0 Å². The van der Waals surface area contributed by atoms with Gasteiger partial charge in [-0.2, -0.15) is 0 Å². The summed E-state index contributed by atoms with van der Waals surface area (Å²) in [5.41, 5.74) is 2.14. The fourth-order valence-corrected chi connectivity index (χ4v) is 3.64. The van der Waals surface area contributed by atoms with Crippen molar-refractivity contribution >= 4 is 44.6 Å². The number of hydrogen-bond acceptors (Lipinski definition) is 6. The molecule has 8 nitrogen and oxygen atoms in total. The van der Waals surface area contributed by atoms with E-state index in [2.05, 4.69) is 31.5 Å². The van der Waals surface area contributed by atoms with Gasteiger partial charge in [-0.25, -0.2) is 0 Å². The fourth-order valence-electron chi connectivity index (χ4n) is 3.28. The number of hydrogen-bond donors (Lipinski definition) is 2. The second kappa shape index (κ2) is 8.38. The molecule has 0 spiro atoms. The van der Waals surface area contributed by atoms with Crippen LogP contribution in [-0.2, 0) is 4.74 Å². The lowest BCUT2D eigenvalue weighted by molar-refractivity contribution is -0.384. The van der Waals surface area contributed by atoms with Crippen LogP contribution >= 0.6 is 15.9 Å². The van der Waals surface area contributed by atoms with E-state index < -0.39 is 10.8 Å². The van der Waals surface area contributed by atoms with Crippen LogP contribution in [0.1, 0.15) is 23.2 Å². The van der Waals surface area contributed by atoms with Crippen molar-refractivity contribution in [2.45, 2.75) is 18.9 Å². The van der Waals surface area contributed by atoms with Gasteiger partial charge in [0, 0.05) is 35.2 Å². The Morgan fingerprint density at radius 2 is 1.90 bits per heavy atom. The Labute approximate surface area is 176 Å². The van der Waals surface area contributed by atoms with E-state index in [9.17, 15) is 14.9 Å². The highest BCUT2D eigenvalue weighted by molar-refractivity contribution is 9.10. The summed E-state index contributed by atoms with van der Waals surface area (Å²) < 4.78 is 6.24. The van der Waals surface area contributed by atoms with E-state index in [1.54, 1.807) is 12.1 Å². The topological polar surface area (TPSA) is 96.7 Å². The van der Waals surface area contributed by atoms with Crippen LogP contribution in [0.4, 0.5) is 22.7 Å². The van der Waals surface area contributed by atoms with Crippen molar-refractivity contribution in [3.63, 3.8) is 0 Å². The maximum Gasteiger partial charge on any atom is 0.293 e. The number of anilines is 3. The van der Waals surface area contributed by atoms with Crippen LogP contribution in [0.15, 0.2) is 40.9 Å². The average molecular weight is 461 g/mol. The first-order valence-corrected chi connectivity index (χ1v) is 10.3. The van der Waals surface area contributed by atoms with E-state index in [4.69, 9.17) is 4.74 Å².